The number of amides is 2. The monoisotopic (exact) mass is 334 g/mol. The van der Waals surface area contributed by atoms with Gasteiger partial charge in [0, 0.05) is 31.5 Å². The standard InChI is InChI=1S/C19H30N2O3/c1-19(2,3)24-18(23)20-16-9-8-14-11-21(12-15(14)16)17(22)10-13-6-4-5-7-13/h4,6,13-16H,5,7-12H2,1-3H3,(H,20,23)/t13-,14-,15-,16-/m1/s1. The topological polar surface area (TPSA) is 58.6 Å². The van der Waals surface area contributed by atoms with E-state index in [1.54, 1.807) is 0 Å². The largest absolute Gasteiger partial charge is 0.444 e. The summed E-state index contributed by atoms with van der Waals surface area (Å²) in [4.78, 5) is 26.6. The van der Waals surface area contributed by atoms with Gasteiger partial charge in [0.25, 0.3) is 0 Å². The third kappa shape index (κ3) is 4.11. The lowest BCUT2D eigenvalue weighted by Gasteiger charge is -2.25. The first-order chi connectivity index (χ1) is 11.3. The Morgan fingerprint density at radius 1 is 1.21 bits per heavy atom. The maximum atomic E-state index is 12.5. The van der Waals surface area contributed by atoms with Gasteiger partial charge < -0.3 is 15.0 Å². The van der Waals surface area contributed by atoms with Crippen molar-refractivity contribution in [2.75, 3.05) is 13.1 Å². The zero-order valence-electron chi connectivity index (χ0n) is 15.1. The van der Waals surface area contributed by atoms with Crippen LogP contribution in [0.3, 0.4) is 0 Å². The Balaban J connectivity index is 1.51. The van der Waals surface area contributed by atoms with Crippen molar-refractivity contribution in [3.63, 3.8) is 0 Å². The van der Waals surface area contributed by atoms with Crippen molar-refractivity contribution in [2.45, 2.75) is 64.5 Å². The van der Waals surface area contributed by atoms with Gasteiger partial charge in [0.2, 0.25) is 5.91 Å². The first kappa shape index (κ1) is 17.3. The smallest absolute Gasteiger partial charge is 0.407 e. The Bertz CT molecular complexity index is 523. The third-order valence-electron chi connectivity index (χ3n) is 5.46. The Morgan fingerprint density at radius 2 is 2.00 bits per heavy atom. The Hall–Kier alpha value is -1.52. The van der Waals surface area contributed by atoms with E-state index in [2.05, 4.69) is 17.5 Å². The molecule has 134 valence electrons. The van der Waals surface area contributed by atoms with Crippen LogP contribution in [0.1, 0.15) is 52.9 Å². The molecule has 1 N–H and O–H groups in total. The van der Waals surface area contributed by atoms with Gasteiger partial charge in [-0.25, -0.2) is 4.79 Å². The summed E-state index contributed by atoms with van der Waals surface area (Å²) in [5.41, 5.74) is -0.478. The van der Waals surface area contributed by atoms with E-state index in [0.29, 0.717) is 24.2 Å². The zero-order chi connectivity index (χ0) is 17.3. The molecule has 0 bridgehead atoms. The minimum absolute atomic E-state index is 0.133. The van der Waals surface area contributed by atoms with E-state index >= 15 is 0 Å². The SMILES string of the molecule is CC(C)(C)OC(=O)N[C@@H]1CC[C@@H]2CN(C(=O)C[C@@H]3C=CCC3)C[C@H]21. The molecule has 3 rings (SSSR count). The van der Waals surface area contributed by atoms with Crippen molar-refractivity contribution in [1.29, 1.82) is 0 Å². The highest BCUT2D eigenvalue weighted by atomic mass is 16.6. The second-order valence-electron chi connectivity index (χ2n) is 8.52. The molecule has 2 amide bonds. The highest BCUT2D eigenvalue weighted by molar-refractivity contribution is 5.77. The van der Waals surface area contributed by atoms with Gasteiger partial charge in [-0.05, 0) is 58.3 Å². The number of ether oxygens (including phenoxy) is 1. The quantitative estimate of drug-likeness (QED) is 0.807. The van der Waals surface area contributed by atoms with E-state index < -0.39 is 5.60 Å². The summed E-state index contributed by atoms with van der Waals surface area (Å²) >= 11 is 0. The van der Waals surface area contributed by atoms with Gasteiger partial charge in [0.05, 0.1) is 0 Å². The van der Waals surface area contributed by atoms with Crippen LogP contribution in [-0.2, 0) is 9.53 Å². The summed E-state index contributed by atoms with van der Waals surface area (Å²) in [7, 11) is 0. The van der Waals surface area contributed by atoms with Gasteiger partial charge in [-0.3, -0.25) is 4.79 Å². The lowest BCUT2D eigenvalue weighted by atomic mass is 9.98. The molecule has 2 fully saturated rings. The Morgan fingerprint density at radius 3 is 2.67 bits per heavy atom. The molecule has 4 atom stereocenters. The number of nitrogens with zero attached hydrogens (tertiary/aromatic N) is 1. The highest BCUT2D eigenvalue weighted by Crippen LogP contribution is 2.39. The fourth-order valence-corrected chi connectivity index (χ4v) is 4.33. The van der Waals surface area contributed by atoms with Crippen LogP contribution in [0.5, 0.6) is 0 Å². The number of likely N-dealkylation sites (tertiary alicyclic amines) is 1. The third-order valence-corrected chi connectivity index (χ3v) is 5.46. The average Bonchev–Trinajstić information content (AvgIpc) is 3.14. The normalized spacial score (nSPS) is 32.0. The van der Waals surface area contributed by atoms with E-state index in [1.807, 2.05) is 25.7 Å². The summed E-state index contributed by atoms with van der Waals surface area (Å²) in [6.45, 7) is 7.25. The van der Waals surface area contributed by atoms with E-state index in [-0.39, 0.29) is 18.0 Å². The lowest BCUT2D eigenvalue weighted by molar-refractivity contribution is -0.131. The molecular formula is C19H30N2O3. The van der Waals surface area contributed by atoms with Gasteiger partial charge in [-0.2, -0.15) is 0 Å². The molecule has 0 radical (unpaired) electrons. The first-order valence-corrected chi connectivity index (χ1v) is 9.26. The average molecular weight is 334 g/mol. The molecule has 0 aromatic heterocycles. The van der Waals surface area contributed by atoms with E-state index in [0.717, 1.165) is 38.8 Å². The van der Waals surface area contributed by atoms with Gasteiger partial charge in [-0.15, -0.1) is 0 Å². The van der Waals surface area contributed by atoms with Crippen LogP contribution in [0.2, 0.25) is 0 Å². The molecule has 0 spiro atoms. The van der Waals surface area contributed by atoms with Crippen molar-refractivity contribution in [2.24, 2.45) is 17.8 Å². The van der Waals surface area contributed by atoms with Crippen LogP contribution in [0, 0.1) is 17.8 Å². The maximum absolute atomic E-state index is 12.5. The van der Waals surface area contributed by atoms with Crippen LogP contribution in [0.4, 0.5) is 4.79 Å². The fraction of sp³-hybridized carbons (Fsp3) is 0.789. The number of carbonyl (C=O) groups excluding carboxylic acids is 2. The number of hydrogen-bond acceptors (Lipinski definition) is 3. The lowest BCUT2D eigenvalue weighted by Crippen LogP contribution is -2.42. The van der Waals surface area contributed by atoms with Crippen LogP contribution in [0.15, 0.2) is 12.2 Å². The molecule has 3 aliphatic rings. The van der Waals surface area contributed by atoms with Crippen LogP contribution in [0.25, 0.3) is 0 Å². The molecule has 5 heteroatoms. The molecule has 0 aromatic rings. The fourth-order valence-electron chi connectivity index (χ4n) is 4.33. The summed E-state index contributed by atoms with van der Waals surface area (Å²) in [6, 6.07) is 0.133. The van der Waals surface area contributed by atoms with E-state index in [9.17, 15) is 9.59 Å². The molecule has 0 aromatic carbocycles. The molecular weight excluding hydrogens is 304 g/mol. The molecule has 24 heavy (non-hydrogen) atoms. The van der Waals surface area contributed by atoms with Crippen molar-refractivity contribution in [3.05, 3.63) is 12.2 Å². The molecule has 0 unspecified atom stereocenters. The van der Waals surface area contributed by atoms with Crippen molar-refractivity contribution < 1.29 is 14.3 Å². The van der Waals surface area contributed by atoms with Crippen LogP contribution < -0.4 is 5.32 Å². The minimum Gasteiger partial charge on any atom is -0.444 e. The van der Waals surface area contributed by atoms with Gasteiger partial charge >= 0.3 is 6.09 Å². The summed E-state index contributed by atoms with van der Waals surface area (Å²) in [6.07, 6.45) is 8.94. The molecule has 1 aliphatic heterocycles. The predicted molar refractivity (Wildman–Crippen MR) is 92.4 cm³/mol. The van der Waals surface area contributed by atoms with Crippen molar-refractivity contribution >= 4 is 12.0 Å². The summed E-state index contributed by atoms with van der Waals surface area (Å²) in [5.74, 6) is 1.60. The zero-order valence-corrected chi connectivity index (χ0v) is 15.1. The van der Waals surface area contributed by atoms with Gasteiger partial charge in [0.15, 0.2) is 0 Å². The summed E-state index contributed by atoms with van der Waals surface area (Å²) in [5, 5.41) is 3.03. The number of allylic oxidation sites excluding steroid dienone is 2. The van der Waals surface area contributed by atoms with Crippen LogP contribution in [-0.4, -0.2) is 41.6 Å². The number of nitrogens with one attached hydrogen (secondary N) is 1. The molecule has 1 heterocycles. The number of rotatable bonds is 3. The molecule has 1 saturated heterocycles. The summed E-state index contributed by atoms with van der Waals surface area (Å²) < 4.78 is 5.37. The second kappa shape index (κ2) is 6.77. The van der Waals surface area contributed by atoms with Crippen LogP contribution >= 0.6 is 0 Å². The second-order valence-corrected chi connectivity index (χ2v) is 8.52. The number of hydrogen-bond donors (Lipinski definition) is 1. The minimum atomic E-state index is -0.478. The highest BCUT2D eigenvalue weighted by Gasteiger charge is 2.44. The molecule has 1 saturated carbocycles. The van der Waals surface area contributed by atoms with E-state index in [4.69, 9.17) is 4.74 Å². The Kier molecular flexibility index (Phi) is 4.88. The maximum Gasteiger partial charge on any atom is 0.407 e. The molecule has 5 nitrogen and oxygen atoms in total. The van der Waals surface area contributed by atoms with E-state index in [1.165, 1.54) is 0 Å². The Labute approximate surface area is 144 Å². The number of alkyl carbamates (subject to hydrolysis) is 1. The predicted octanol–water partition coefficient (Wildman–Crippen LogP) is 3.10. The number of fused-ring (bicyclic) bond motifs is 1. The van der Waals surface area contributed by atoms with Gasteiger partial charge in [0.1, 0.15) is 5.60 Å². The first-order valence-electron chi connectivity index (χ1n) is 9.26. The van der Waals surface area contributed by atoms with Gasteiger partial charge in [-0.1, -0.05) is 12.2 Å². The number of carbonyl (C=O) groups is 2. The molecule has 2 aliphatic carbocycles. The van der Waals surface area contributed by atoms with Crippen molar-refractivity contribution in [3.8, 4) is 0 Å². The van der Waals surface area contributed by atoms with Crippen molar-refractivity contribution in [1.82, 2.24) is 10.2 Å².